The van der Waals surface area contributed by atoms with Crippen LogP contribution >= 0.6 is 11.6 Å². The number of hydrogen-bond acceptors (Lipinski definition) is 2. The maximum absolute atomic E-state index is 11.3. The first kappa shape index (κ1) is 14.1. The smallest absolute Gasteiger partial charge is 0.153 e. The third-order valence-electron chi connectivity index (χ3n) is 3.36. The van der Waals surface area contributed by atoms with Crippen LogP contribution in [0.3, 0.4) is 0 Å². The Kier molecular flexibility index (Phi) is 4.27. The second-order valence-electron chi connectivity index (χ2n) is 4.90. The number of carbonyl (C=O) groups is 1. The van der Waals surface area contributed by atoms with Crippen molar-refractivity contribution in [2.45, 2.75) is 26.3 Å². The molecule has 0 unspecified atom stereocenters. The molecule has 0 aliphatic heterocycles. The molecule has 0 amide bonds. The van der Waals surface area contributed by atoms with Gasteiger partial charge in [0.15, 0.2) is 6.29 Å². The molecular formula is C15H18ClNO2. The highest BCUT2D eigenvalue weighted by atomic mass is 35.5. The number of halogens is 1. The first-order valence-corrected chi connectivity index (χ1v) is 6.73. The van der Waals surface area contributed by atoms with Crippen LogP contribution in [-0.2, 0) is 11.3 Å². The summed E-state index contributed by atoms with van der Waals surface area (Å²) < 4.78 is 7.01. The third kappa shape index (κ3) is 2.53. The molecule has 0 aliphatic carbocycles. The lowest BCUT2D eigenvalue weighted by Gasteiger charge is -2.08. The van der Waals surface area contributed by atoms with E-state index >= 15 is 0 Å². The van der Waals surface area contributed by atoms with Gasteiger partial charge in [-0.2, -0.15) is 0 Å². The molecule has 1 heterocycles. The third-order valence-corrected chi connectivity index (χ3v) is 3.77. The van der Waals surface area contributed by atoms with Crippen LogP contribution in [0.4, 0.5) is 0 Å². The molecule has 2 aromatic rings. The average Bonchev–Trinajstić information content (AvgIpc) is 2.66. The van der Waals surface area contributed by atoms with Gasteiger partial charge in [-0.3, -0.25) is 4.79 Å². The predicted octanol–water partition coefficient (Wildman–Crippen LogP) is 3.88. The van der Waals surface area contributed by atoms with Crippen molar-refractivity contribution in [1.82, 2.24) is 4.57 Å². The summed E-state index contributed by atoms with van der Waals surface area (Å²) in [6.07, 6.45) is 0.831. The topological polar surface area (TPSA) is 31.2 Å². The molecular weight excluding hydrogens is 262 g/mol. The number of aromatic nitrogens is 1. The fourth-order valence-electron chi connectivity index (χ4n) is 2.24. The second-order valence-corrected chi connectivity index (χ2v) is 5.26. The van der Waals surface area contributed by atoms with Gasteiger partial charge in [0.2, 0.25) is 0 Å². The molecule has 4 heteroatoms. The Bertz CT molecular complexity index is 602. The summed E-state index contributed by atoms with van der Waals surface area (Å²) in [7, 11) is 1.65. The summed E-state index contributed by atoms with van der Waals surface area (Å²) in [6, 6.07) is 6.17. The molecule has 1 aromatic carbocycles. The number of ether oxygens (including phenoxy) is 1. The van der Waals surface area contributed by atoms with E-state index in [1.54, 1.807) is 7.11 Å². The van der Waals surface area contributed by atoms with Gasteiger partial charge in [0.05, 0.1) is 17.7 Å². The molecule has 0 saturated heterocycles. The highest BCUT2D eigenvalue weighted by Gasteiger charge is 2.15. The van der Waals surface area contributed by atoms with Crippen LogP contribution in [0.5, 0.6) is 0 Å². The van der Waals surface area contributed by atoms with Crippen LogP contribution in [-0.4, -0.2) is 24.6 Å². The van der Waals surface area contributed by atoms with E-state index in [2.05, 4.69) is 26.0 Å². The molecule has 0 fully saturated rings. The van der Waals surface area contributed by atoms with Crippen molar-refractivity contribution in [2.24, 2.45) is 0 Å². The molecule has 0 aliphatic rings. The van der Waals surface area contributed by atoms with Gasteiger partial charge in [0.1, 0.15) is 5.15 Å². The van der Waals surface area contributed by atoms with E-state index in [0.717, 1.165) is 17.2 Å². The zero-order valence-electron chi connectivity index (χ0n) is 11.4. The van der Waals surface area contributed by atoms with Crippen molar-refractivity contribution in [3.8, 4) is 0 Å². The largest absolute Gasteiger partial charge is 0.383 e. The summed E-state index contributed by atoms with van der Waals surface area (Å²) >= 11 is 6.30. The fourth-order valence-corrected chi connectivity index (χ4v) is 2.56. The first-order chi connectivity index (χ1) is 9.10. The molecule has 0 spiro atoms. The number of carbonyl (C=O) groups excluding carboxylic acids is 1. The van der Waals surface area contributed by atoms with Gasteiger partial charge in [-0.25, -0.2) is 0 Å². The Labute approximate surface area is 118 Å². The SMILES string of the molecule is COCCn1c(Cl)c(C=O)c2cc(C(C)C)ccc21. The van der Waals surface area contributed by atoms with Crippen molar-refractivity contribution < 1.29 is 9.53 Å². The zero-order chi connectivity index (χ0) is 14.0. The van der Waals surface area contributed by atoms with E-state index in [1.807, 2.05) is 10.6 Å². The van der Waals surface area contributed by atoms with Crippen molar-refractivity contribution in [3.05, 3.63) is 34.5 Å². The van der Waals surface area contributed by atoms with Crippen molar-refractivity contribution in [1.29, 1.82) is 0 Å². The Morgan fingerprint density at radius 2 is 2.16 bits per heavy atom. The van der Waals surface area contributed by atoms with Crippen LogP contribution < -0.4 is 0 Å². The lowest BCUT2D eigenvalue weighted by Crippen LogP contribution is -2.04. The van der Waals surface area contributed by atoms with E-state index in [9.17, 15) is 4.79 Å². The number of methoxy groups -OCH3 is 1. The molecule has 2 rings (SSSR count). The van der Waals surface area contributed by atoms with Gasteiger partial charge in [0, 0.05) is 19.0 Å². The second kappa shape index (κ2) is 5.76. The molecule has 0 saturated carbocycles. The number of rotatable bonds is 5. The minimum Gasteiger partial charge on any atom is -0.383 e. The molecule has 0 N–H and O–H groups in total. The minimum atomic E-state index is 0.421. The number of fused-ring (bicyclic) bond motifs is 1. The highest BCUT2D eigenvalue weighted by molar-refractivity contribution is 6.34. The molecule has 1 aromatic heterocycles. The van der Waals surface area contributed by atoms with Gasteiger partial charge >= 0.3 is 0 Å². The molecule has 3 nitrogen and oxygen atoms in total. The molecule has 102 valence electrons. The van der Waals surface area contributed by atoms with Crippen LogP contribution in [0.2, 0.25) is 5.15 Å². The summed E-state index contributed by atoms with van der Waals surface area (Å²) in [4.78, 5) is 11.3. The molecule has 0 bridgehead atoms. The zero-order valence-corrected chi connectivity index (χ0v) is 12.2. The van der Waals surface area contributed by atoms with Gasteiger partial charge in [0.25, 0.3) is 0 Å². The maximum atomic E-state index is 11.3. The lowest BCUT2D eigenvalue weighted by atomic mass is 10.0. The lowest BCUT2D eigenvalue weighted by molar-refractivity contribution is 0.112. The van der Waals surface area contributed by atoms with E-state index < -0.39 is 0 Å². The Morgan fingerprint density at radius 1 is 1.42 bits per heavy atom. The number of benzene rings is 1. The van der Waals surface area contributed by atoms with Gasteiger partial charge in [-0.05, 0) is 23.6 Å². The fraction of sp³-hybridized carbons (Fsp3) is 0.400. The van der Waals surface area contributed by atoms with Gasteiger partial charge in [-0.15, -0.1) is 0 Å². The number of aldehydes is 1. The summed E-state index contributed by atoms with van der Waals surface area (Å²) in [5.74, 6) is 0.421. The maximum Gasteiger partial charge on any atom is 0.153 e. The number of nitrogens with zero attached hydrogens (tertiary/aromatic N) is 1. The van der Waals surface area contributed by atoms with E-state index in [4.69, 9.17) is 16.3 Å². The Balaban J connectivity index is 2.64. The Hall–Kier alpha value is -1.32. The summed E-state index contributed by atoms with van der Waals surface area (Å²) in [5.41, 5.74) is 2.75. The first-order valence-electron chi connectivity index (χ1n) is 6.36. The summed E-state index contributed by atoms with van der Waals surface area (Å²) in [6.45, 7) is 5.46. The van der Waals surface area contributed by atoms with E-state index in [0.29, 0.717) is 29.8 Å². The highest BCUT2D eigenvalue weighted by Crippen LogP contribution is 2.31. The molecule has 0 radical (unpaired) electrons. The van der Waals surface area contributed by atoms with Crippen molar-refractivity contribution in [2.75, 3.05) is 13.7 Å². The van der Waals surface area contributed by atoms with Crippen LogP contribution in [0.1, 0.15) is 35.7 Å². The van der Waals surface area contributed by atoms with Crippen molar-refractivity contribution in [3.63, 3.8) is 0 Å². The minimum absolute atomic E-state index is 0.421. The van der Waals surface area contributed by atoms with Crippen LogP contribution in [0, 0.1) is 0 Å². The quantitative estimate of drug-likeness (QED) is 0.778. The van der Waals surface area contributed by atoms with E-state index in [-0.39, 0.29) is 0 Å². The summed E-state index contributed by atoms with van der Waals surface area (Å²) in [5, 5.41) is 1.41. The molecule has 19 heavy (non-hydrogen) atoms. The standard InChI is InChI=1S/C15H18ClNO2/c1-10(2)11-4-5-14-12(8-11)13(9-18)15(16)17(14)6-7-19-3/h4-5,8-10H,6-7H2,1-3H3. The predicted molar refractivity (Wildman–Crippen MR) is 78.3 cm³/mol. The van der Waals surface area contributed by atoms with Crippen molar-refractivity contribution >= 4 is 28.8 Å². The normalized spacial score (nSPS) is 11.4. The monoisotopic (exact) mass is 279 g/mol. The van der Waals surface area contributed by atoms with E-state index in [1.165, 1.54) is 5.56 Å². The Morgan fingerprint density at radius 3 is 2.74 bits per heavy atom. The average molecular weight is 280 g/mol. The molecule has 0 atom stereocenters. The number of hydrogen-bond donors (Lipinski definition) is 0. The van der Waals surface area contributed by atoms with Gasteiger partial charge < -0.3 is 9.30 Å². The van der Waals surface area contributed by atoms with Crippen LogP contribution in [0.25, 0.3) is 10.9 Å². The van der Waals surface area contributed by atoms with Crippen LogP contribution in [0.15, 0.2) is 18.2 Å². The van der Waals surface area contributed by atoms with Gasteiger partial charge in [-0.1, -0.05) is 31.5 Å².